The molecule has 7 heteroatoms. The number of benzene rings is 1. The van der Waals surface area contributed by atoms with E-state index in [1.807, 2.05) is 0 Å². The van der Waals surface area contributed by atoms with Gasteiger partial charge in [0.1, 0.15) is 28.7 Å². The molecular weight excluding hydrogens is 308 g/mol. The van der Waals surface area contributed by atoms with Crippen LogP contribution in [0.1, 0.15) is 27.4 Å². The number of carbonyl (C=O) groups is 2. The molecule has 23 heavy (non-hydrogen) atoms. The molecule has 2 aromatic rings. The summed E-state index contributed by atoms with van der Waals surface area (Å²) in [5.74, 6) is -2.44. The lowest BCUT2D eigenvalue weighted by molar-refractivity contribution is -0.130. The molecule has 0 saturated carbocycles. The number of hydrogen-bond acceptors (Lipinski definition) is 3. The number of carbonyl (C=O) groups excluding carboxylic acids is 1. The zero-order valence-electron chi connectivity index (χ0n) is 12.6. The molecule has 1 N–H and O–H groups in total. The number of halogens is 2. The van der Waals surface area contributed by atoms with Gasteiger partial charge in [-0.05, 0) is 24.6 Å². The van der Waals surface area contributed by atoms with E-state index in [-0.39, 0.29) is 29.9 Å². The van der Waals surface area contributed by atoms with Crippen molar-refractivity contribution in [1.82, 2.24) is 4.90 Å². The molecule has 0 bridgehead atoms. The van der Waals surface area contributed by atoms with E-state index in [4.69, 9.17) is 9.52 Å². The zero-order chi connectivity index (χ0) is 17.1. The third-order valence-electron chi connectivity index (χ3n) is 3.37. The van der Waals surface area contributed by atoms with Gasteiger partial charge < -0.3 is 14.4 Å². The normalized spacial score (nSPS) is 10.6. The first kappa shape index (κ1) is 16.7. The molecule has 0 unspecified atom stereocenters. The second-order valence-electron chi connectivity index (χ2n) is 5.15. The topological polar surface area (TPSA) is 70.8 Å². The molecule has 1 aromatic carbocycles. The molecule has 0 aliphatic carbocycles. The number of aromatic carboxylic acids is 1. The maximum atomic E-state index is 13.6. The van der Waals surface area contributed by atoms with Gasteiger partial charge in [-0.1, -0.05) is 6.07 Å². The first-order valence-electron chi connectivity index (χ1n) is 6.78. The monoisotopic (exact) mass is 323 g/mol. The molecule has 0 spiro atoms. The summed E-state index contributed by atoms with van der Waals surface area (Å²) in [4.78, 5) is 24.3. The summed E-state index contributed by atoms with van der Waals surface area (Å²) in [6, 6.07) is 4.37. The van der Waals surface area contributed by atoms with E-state index in [0.29, 0.717) is 5.76 Å². The van der Waals surface area contributed by atoms with Crippen LogP contribution in [-0.4, -0.2) is 28.9 Å². The van der Waals surface area contributed by atoms with Crippen molar-refractivity contribution in [3.63, 3.8) is 0 Å². The predicted molar refractivity (Wildman–Crippen MR) is 76.9 cm³/mol. The van der Waals surface area contributed by atoms with Crippen molar-refractivity contribution in [1.29, 1.82) is 0 Å². The van der Waals surface area contributed by atoms with Crippen LogP contribution < -0.4 is 0 Å². The fraction of sp³-hybridized carbons (Fsp3) is 0.250. The zero-order valence-corrected chi connectivity index (χ0v) is 12.6. The molecular formula is C16H15F2NO4. The number of carboxylic acid groups (broad SMARTS) is 1. The van der Waals surface area contributed by atoms with Gasteiger partial charge in [0.25, 0.3) is 0 Å². The van der Waals surface area contributed by atoms with Crippen LogP contribution in [0, 0.1) is 18.6 Å². The number of rotatable bonds is 5. The fourth-order valence-electron chi connectivity index (χ4n) is 2.12. The molecule has 1 heterocycles. The SMILES string of the molecule is Cc1oc(CN(C)C(=O)Cc2ccc(F)cc2F)cc1C(=O)O. The van der Waals surface area contributed by atoms with Crippen molar-refractivity contribution < 1.29 is 27.9 Å². The van der Waals surface area contributed by atoms with Gasteiger partial charge >= 0.3 is 5.97 Å². The highest BCUT2D eigenvalue weighted by Crippen LogP contribution is 2.17. The highest BCUT2D eigenvalue weighted by Gasteiger charge is 2.18. The summed E-state index contributed by atoms with van der Waals surface area (Å²) >= 11 is 0. The van der Waals surface area contributed by atoms with Crippen LogP contribution >= 0.6 is 0 Å². The van der Waals surface area contributed by atoms with Gasteiger partial charge in [-0.2, -0.15) is 0 Å². The largest absolute Gasteiger partial charge is 0.478 e. The molecule has 122 valence electrons. The van der Waals surface area contributed by atoms with E-state index in [0.717, 1.165) is 12.1 Å². The third kappa shape index (κ3) is 3.94. The van der Waals surface area contributed by atoms with E-state index in [1.54, 1.807) is 0 Å². The fourth-order valence-corrected chi connectivity index (χ4v) is 2.12. The number of amides is 1. The lowest BCUT2D eigenvalue weighted by Crippen LogP contribution is -2.27. The summed E-state index contributed by atoms with van der Waals surface area (Å²) in [5, 5.41) is 8.96. The van der Waals surface area contributed by atoms with Crippen LogP contribution in [0.5, 0.6) is 0 Å². The average molecular weight is 323 g/mol. The Hall–Kier alpha value is -2.70. The Balaban J connectivity index is 2.05. The molecule has 0 saturated heterocycles. The number of hydrogen-bond donors (Lipinski definition) is 1. The van der Waals surface area contributed by atoms with Gasteiger partial charge in [-0.25, -0.2) is 13.6 Å². The predicted octanol–water partition coefficient (Wildman–Crippen LogP) is 2.77. The highest BCUT2D eigenvalue weighted by atomic mass is 19.1. The van der Waals surface area contributed by atoms with E-state index < -0.39 is 23.5 Å². The Morgan fingerprint density at radius 2 is 1.96 bits per heavy atom. The Labute approximate surface area is 131 Å². The van der Waals surface area contributed by atoms with Crippen LogP contribution in [0.25, 0.3) is 0 Å². The van der Waals surface area contributed by atoms with Gasteiger partial charge in [0.2, 0.25) is 5.91 Å². The molecule has 2 rings (SSSR count). The minimum absolute atomic E-state index is 0.0328. The maximum absolute atomic E-state index is 13.6. The van der Waals surface area contributed by atoms with Crippen LogP contribution in [0.2, 0.25) is 0 Å². The molecule has 1 aromatic heterocycles. The van der Waals surface area contributed by atoms with E-state index in [1.165, 1.54) is 31.0 Å². The lowest BCUT2D eigenvalue weighted by atomic mass is 10.1. The Morgan fingerprint density at radius 1 is 1.26 bits per heavy atom. The molecule has 0 aliphatic rings. The Kier molecular flexibility index (Phi) is 4.78. The highest BCUT2D eigenvalue weighted by molar-refractivity contribution is 5.88. The molecule has 0 radical (unpaired) electrons. The number of carboxylic acids is 1. The molecule has 1 amide bonds. The van der Waals surface area contributed by atoms with Crippen molar-refractivity contribution >= 4 is 11.9 Å². The Bertz CT molecular complexity index is 755. The smallest absolute Gasteiger partial charge is 0.339 e. The first-order chi connectivity index (χ1) is 10.8. The van der Waals surface area contributed by atoms with Crippen molar-refractivity contribution in [2.75, 3.05) is 7.05 Å². The summed E-state index contributed by atoms with van der Waals surface area (Å²) in [6.45, 7) is 1.57. The van der Waals surface area contributed by atoms with Gasteiger partial charge in [0, 0.05) is 13.1 Å². The van der Waals surface area contributed by atoms with Crippen molar-refractivity contribution in [3.05, 3.63) is 58.5 Å². The second-order valence-corrected chi connectivity index (χ2v) is 5.15. The standard InChI is InChI=1S/C16H15F2NO4/c1-9-13(16(21)22)7-12(23-9)8-19(2)15(20)5-10-3-4-11(17)6-14(10)18/h3-4,6-7H,5,8H2,1-2H3,(H,21,22). The van der Waals surface area contributed by atoms with Crippen molar-refractivity contribution in [2.24, 2.45) is 0 Å². The molecule has 5 nitrogen and oxygen atoms in total. The number of nitrogens with zero attached hydrogens (tertiary/aromatic N) is 1. The average Bonchev–Trinajstić information content (AvgIpc) is 2.82. The molecule has 0 aliphatic heterocycles. The second kappa shape index (κ2) is 6.60. The van der Waals surface area contributed by atoms with Crippen molar-refractivity contribution in [2.45, 2.75) is 19.9 Å². The van der Waals surface area contributed by atoms with Crippen LogP contribution in [0.4, 0.5) is 8.78 Å². The van der Waals surface area contributed by atoms with Gasteiger partial charge in [0.15, 0.2) is 0 Å². The van der Waals surface area contributed by atoms with E-state index in [2.05, 4.69) is 0 Å². The summed E-state index contributed by atoms with van der Waals surface area (Å²) in [6.07, 6.45) is -0.228. The molecule has 0 atom stereocenters. The third-order valence-corrected chi connectivity index (χ3v) is 3.37. The maximum Gasteiger partial charge on any atom is 0.339 e. The van der Waals surface area contributed by atoms with E-state index in [9.17, 15) is 18.4 Å². The van der Waals surface area contributed by atoms with Gasteiger partial charge in [0.05, 0.1) is 13.0 Å². The molecule has 0 fully saturated rings. The summed E-state index contributed by atoms with van der Waals surface area (Å²) < 4.78 is 31.7. The van der Waals surface area contributed by atoms with E-state index >= 15 is 0 Å². The minimum atomic E-state index is -1.11. The van der Waals surface area contributed by atoms with Gasteiger partial charge in [-0.15, -0.1) is 0 Å². The van der Waals surface area contributed by atoms with Gasteiger partial charge in [-0.3, -0.25) is 4.79 Å². The van der Waals surface area contributed by atoms with Crippen molar-refractivity contribution in [3.8, 4) is 0 Å². The summed E-state index contributed by atoms with van der Waals surface area (Å²) in [7, 11) is 1.49. The number of furan rings is 1. The number of likely N-dealkylation sites (N-methyl/N-ethyl adjacent to an activating group) is 1. The summed E-state index contributed by atoms with van der Waals surface area (Å²) in [5.41, 5.74) is 0.121. The lowest BCUT2D eigenvalue weighted by Gasteiger charge is -2.16. The van der Waals surface area contributed by atoms with Crippen LogP contribution in [0.3, 0.4) is 0 Å². The van der Waals surface area contributed by atoms with Crippen LogP contribution in [0.15, 0.2) is 28.7 Å². The minimum Gasteiger partial charge on any atom is -0.478 e. The first-order valence-corrected chi connectivity index (χ1v) is 6.78. The number of aryl methyl sites for hydroxylation is 1. The quantitative estimate of drug-likeness (QED) is 0.918. The Morgan fingerprint density at radius 3 is 2.52 bits per heavy atom. The van der Waals surface area contributed by atoms with Crippen LogP contribution in [-0.2, 0) is 17.8 Å².